The Labute approximate surface area is 114 Å². The van der Waals surface area contributed by atoms with Crippen molar-refractivity contribution >= 4 is 11.5 Å². The number of benzene rings is 1. The molecule has 0 saturated heterocycles. The number of hydrogen-bond donors (Lipinski definition) is 2. The molecule has 0 bridgehead atoms. The molecule has 0 aliphatic rings. The molecule has 102 valence electrons. The van der Waals surface area contributed by atoms with Gasteiger partial charge >= 0.3 is 0 Å². The number of nitrogens with zero attached hydrogens (tertiary/aromatic N) is 2. The number of nitrogens with one attached hydrogen (secondary N) is 1. The smallest absolute Gasteiger partial charge is 0.148 e. The molecule has 19 heavy (non-hydrogen) atoms. The van der Waals surface area contributed by atoms with Crippen molar-refractivity contribution in [3.05, 3.63) is 41.1 Å². The standard InChI is InChI=1S/C15H22N4/c1-10(2)14-13(16)15(19(4)18-14)17-9-12-8-6-5-7-11(12)3/h5-8,10,17H,9,16H2,1-4H3. The molecule has 0 aliphatic heterocycles. The largest absolute Gasteiger partial charge is 0.394 e. The van der Waals surface area contributed by atoms with Crippen molar-refractivity contribution in [1.29, 1.82) is 0 Å². The molecule has 0 amide bonds. The number of hydrogen-bond acceptors (Lipinski definition) is 3. The van der Waals surface area contributed by atoms with Crippen LogP contribution in [0.25, 0.3) is 0 Å². The highest BCUT2D eigenvalue weighted by atomic mass is 15.3. The van der Waals surface area contributed by atoms with E-state index in [4.69, 9.17) is 5.73 Å². The van der Waals surface area contributed by atoms with Crippen molar-refractivity contribution in [1.82, 2.24) is 9.78 Å². The van der Waals surface area contributed by atoms with Crippen LogP contribution in [0.2, 0.25) is 0 Å². The molecule has 3 N–H and O–H groups in total. The fraction of sp³-hybridized carbons (Fsp3) is 0.400. The quantitative estimate of drug-likeness (QED) is 0.886. The molecule has 0 spiro atoms. The average Bonchev–Trinajstić information content (AvgIpc) is 2.65. The molecule has 4 heteroatoms. The first-order valence-corrected chi connectivity index (χ1v) is 6.61. The normalized spacial score (nSPS) is 11.0. The van der Waals surface area contributed by atoms with Crippen molar-refractivity contribution in [2.75, 3.05) is 11.1 Å². The summed E-state index contributed by atoms with van der Waals surface area (Å²) >= 11 is 0. The number of anilines is 2. The summed E-state index contributed by atoms with van der Waals surface area (Å²) in [5.74, 6) is 1.23. The van der Waals surface area contributed by atoms with Gasteiger partial charge in [-0.3, -0.25) is 4.68 Å². The Morgan fingerprint density at radius 2 is 2.00 bits per heavy atom. The van der Waals surface area contributed by atoms with Crippen LogP contribution < -0.4 is 11.1 Å². The van der Waals surface area contributed by atoms with Gasteiger partial charge < -0.3 is 11.1 Å². The first-order valence-electron chi connectivity index (χ1n) is 6.61. The van der Waals surface area contributed by atoms with Crippen molar-refractivity contribution in [2.45, 2.75) is 33.2 Å². The van der Waals surface area contributed by atoms with Crippen LogP contribution in [-0.2, 0) is 13.6 Å². The highest BCUT2D eigenvalue weighted by Gasteiger charge is 2.15. The molecule has 0 fully saturated rings. The fourth-order valence-corrected chi connectivity index (χ4v) is 2.18. The summed E-state index contributed by atoms with van der Waals surface area (Å²) in [6.45, 7) is 7.07. The Hall–Kier alpha value is -1.97. The number of aromatic nitrogens is 2. The number of nitrogens with two attached hydrogens (primary N) is 1. The summed E-state index contributed by atoms with van der Waals surface area (Å²) < 4.78 is 1.82. The maximum Gasteiger partial charge on any atom is 0.148 e. The molecule has 1 aromatic carbocycles. The van der Waals surface area contributed by atoms with E-state index < -0.39 is 0 Å². The number of nitrogen functional groups attached to an aromatic ring is 1. The van der Waals surface area contributed by atoms with Gasteiger partial charge in [-0.1, -0.05) is 38.1 Å². The minimum absolute atomic E-state index is 0.334. The predicted molar refractivity (Wildman–Crippen MR) is 80.2 cm³/mol. The topological polar surface area (TPSA) is 55.9 Å². The zero-order chi connectivity index (χ0) is 14.0. The Kier molecular flexibility index (Phi) is 3.79. The van der Waals surface area contributed by atoms with Gasteiger partial charge in [0.1, 0.15) is 5.82 Å². The highest BCUT2D eigenvalue weighted by Crippen LogP contribution is 2.28. The van der Waals surface area contributed by atoms with Gasteiger partial charge in [-0.15, -0.1) is 0 Å². The van der Waals surface area contributed by atoms with Crippen LogP contribution in [0.15, 0.2) is 24.3 Å². The van der Waals surface area contributed by atoms with Crippen molar-refractivity contribution in [3.63, 3.8) is 0 Å². The van der Waals surface area contributed by atoms with Gasteiger partial charge in [0.05, 0.1) is 11.4 Å². The Bertz CT molecular complexity index is 570. The second kappa shape index (κ2) is 5.34. The maximum atomic E-state index is 6.16. The van der Waals surface area contributed by atoms with Gasteiger partial charge in [-0.25, -0.2) is 0 Å². The first kappa shape index (κ1) is 13.5. The van der Waals surface area contributed by atoms with Crippen LogP contribution in [-0.4, -0.2) is 9.78 Å². The lowest BCUT2D eigenvalue weighted by atomic mass is 10.1. The zero-order valence-corrected chi connectivity index (χ0v) is 12.1. The summed E-state index contributed by atoms with van der Waals surface area (Å²) in [5, 5.41) is 7.86. The summed E-state index contributed by atoms with van der Waals surface area (Å²) in [4.78, 5) is 0. The summed E-state index contributed by atoms with van der Waals surface area (Å²) in [6.07, 6.45) is 0. The van der Waals surface area contributed by atoms with E-state index in [2.05, 4.69) is 49.4 Å². The molecule has 0 atom stereocenters. The minimum atomic E-state index is 0.334. The van der Waals surface area contributed by atoms with Crippen LogP contribution in [0.5, 0.6) is 0 Å². The third-order valence-corrected chi connectivity index (χ3v) is 3.37. The molecular formula is C15H22N4. The lowest BCUT2D eigenvalue weighted by Gasteiger charge is -2.10. The third-order valence-electron chi connectivity index (χ3n) is 3.37. The third kappa shape index (κ3) is 2.72. The average molecular weight is 258 g/mol. The summed E-state index contributed by atoms with van der Waals surface area (Å²) in [7, 11) is 1.92. The van der Waals surface area contributed by atoms with E-state index in [9.17, 15) is 0 Å². The SMILES string of the molecule is Cc1ccccc1CNc1c(N)c(C(C)C)nn1C. The minimum Gasteiger partial charge on any atom is -0.394 e. The van der Waals surface area contributed by atoms with E-state index in [1.165, 1.54) is 11.1 Å². The van der Waals surface area contributed by atoms with E-state index in [0.717, 1.165) is 23.7 Å². The van der Waals surface area contributed by atoms with Gasteiger partial charge in [0.15, 0.2) is 0 Å². The van der Waals surface area contributed by atoms with E-state index >= 15 is 0 Å². The predicted octanol–water partition coefficient (Wildman–Crippen LogP) is 3.05. The molecule has 4 nitrogen and oxygen atoms in total. The van der Waals surface area contributed by atoms with Crippen molar-refractivity contribution in [2.24, 2.45) is 7.05 Å². The van der Waals surface area contributed by atoms with E-state index in [0.29, 0.717) is 5.92 Å². The maximum absolute atomic E-state index is 6.16. The van der Waals surface area contributed by atoms with E-state index in [1.54, 1.807) is 0 Å². The van der Waals surface area contributed by atoms with Crippen LogP contribution in [0, 0.1) is 6.92 Å². The van der Waals surface area contributed by atoms with E-state index in [-0.39, 0.29) is 0 Å². The molecule has 0 unspecified atom stereocenters. The first-order chi connectivity index (χ1) is 9.00. The summed E-state index contributed by atoms with van der Waals surface area (Å²) in [5.41, 5.74) is 10.4. The second-order valence-corrected chi connectivity index (χ2v) is 5.21. The molecule has 0 saturated carbocycles. The number of aryl methyl sites for hydroxylation is 2. The molecule has 1 heterocycles. The molecule has 2 rings (SSSR count). The van der Waals surface area contributed by atoms with Gasteiger partial charge in [0.2, 0.25) is 0 Å². The van der Waals surface area contributed by atoms with Gasteiger partial charge in [-0.05, 0) is 24.0 Å². The van der Waals surface area contributed by atoms with Gasteiger partial charge in [0, 0.05) is 13.6 Å². The monoisotopic (exact) mass is 258 g/mol. The highest BCUT2D eigenvalue weighted by molar-refractivity contribution is 5.65. The molecule has 1 aromatic heterocycles. The Morgan fingerprint density at radius 1 is 1.32 bits per heavy atom. The fourth-order valence-electron chi connectivity index (χ4n) is 2.18. The van der Waals surface area contributed by atoms with Gasteiger partial charge in [-0.2, -0.15) is 5.10 Å². The lowest BCUT2D eigenvalue weighted by molar-refractivity contribution is 0.715. The molecule has 0 radical (unpaired) electrons. The lowest BCUT2D eigenvalue weighted by Crippen LogP contribution is -2.07. The van der Waals surface area contributed by atoms with Crippen LogP contribution >= 0.6 is 0 Å². The van der Waals surface area contributed by atoms with Crippen LogP contribution in [0.1, 0.15) is 36.6 Å². The zero-order valence-electron chi connectivity index (χ0n) is 12.1. The summed E-state index contributed by atoms with van der Waals surface area (Å²) in [6, 6.07) is 8.34. The number of rotatable bonds is 4. The Balaban J connectivity index is 2.19. The van der Waals surface area contributed by atoms with Crippen LogP contribution in [0.3, 0.4) is 0 Å². The Morgan fingerprint density at radius 3 is 2.58 bits per heavy atom. The van der Waals surface area contributed by atoms with Crippen molar-refractivity contribution in [3.8, 4) is 0 Å². The second-order valence-electron chi connectivity index (χ2n) is 5.21. The van der Waals surface area contributed by atoms with Crippen molar-refractivity contribution < 1.29 is 0 Å². The molecule has 2 aromatic rings. The van der Waals surface area contributed by atoms with Gasteiger partial charge in [0.25, 0.3) is 0 Å². The van der Waals surface area contributed by atoms with Crippen LogP contribution in [0.4, 0.5) is 11.5 Å². The molecular weight excluding hydrogens is 236 g/mol. The van der Waals surface area contributed by atoms with E-state index in [1.807, 2.05) is 17.8 Å². The molecule has 0 aliphatic carbocycles.